The van der Waals surface area contributed by atoms with Gasteiger partial charge in [0.2, 0.25) is 10.0 Å². The van der Waals surface area contributed by atoms with Crippen LogP contribution in [0, 0.1) is 0 Å². The molecule has 0 bridgehead atoms. The van der Waals surface area contributed by atoms with Crippen LogP contribution in [0.25, 0.3) is 5.70 Å². The van der Waals surface area contributed by atoms with Gasteiger partial charge in [-0.05, 0) is 62.2 Å². The summed E-state index contributed by atoms with van der Waals surface area (Å²) in [6, 6.07) is 12.2. The first-order chi connectivity index (χ1) is 13.1. The van der Waals surface area contributed by atoms with Gasteiger partial charge in [0.15, 0.2) is 5.78 Å². The van der Waals surface area contributed by atoms with Gasteiger partial charge in [0.05, 0.1) is 13.4 Å². The number of methoxy groups -OCH3 is 1. The predicted octanol–water partition coefficient (Wildman–Crippen LogP) is 3.21. The number of ketones is 1. The summed E-state index contributed by atoms with van der Waals surface area (Å²) in [6.45, 7) is 4.17. The number of carbonyl (C=O) groups excluding carboxylic acids is 1. The molecule has 28 heavy (non-hydrogen) atoms. The van der Waals surface area contributed by atoms with E-state index in [1.54, 1.807) is 37.5 Å². The van der Waals surface area contributed by atoms with Crippen LogP contribution >= 0.6 is 0 Å². The van der Waals surface area contributed by atoms with E-state index < -0.39 is 10.0 Å². The van der Waals surface area contributed by atoms with Gasteiger partial charge in [-0.3, -0.25) is 9.52 Å². The van der Waals surface area contributed by atoms with Crippen molar-refractivity contribution in [3.05, 3.63) is 65.2 Å². The van der Waals surface area contributed by atoms with Crippen molar-refractivity contribution in [3.8, 4) is 5.75 Å². The topological polar surface area (TPSA) is 84.5 Å². The average molecular weight is 401 g/mol. The Morgan fingerprint density at radius 1 is 1.18 bits per heavy atom. The first kappa shape index (κ1) is 19.9. The van der Waals surface area contributed by atoms with E-state index in [-0.39, 0.29) is 11.3 Å². The smallest absolute Gasteiger partial charge is 0.229 e. The fourth-order valence-corrected chi connectivity index (χ4v) is 3.85. The highest BCUT2D eigenvalue weighted by Crippen LogP contribution is 2.32. The van der Waals surface area contributed by atoms with E-state index >= 15 is 0 Å². The summed E-state index contributed by atoms with van der Waals surface area (Å²) in [5.41, 5.74) is 3.55. The third-order valence-corrected chi connectivity index (χ3v) is 5.07. The third-order valence-electron chi connectivity index (χ3n) is 4.46. The second-order valence-corrected chi connectivity index (χ2v) is 9.33. The molecule has 1 aliphatic heterocycles. The zero-order valence-electron chi connectivity index (χ0n) is 16.4. The van der Waals surface area contributed by atoms with Crippen molar-refractivity contribution in [1.29, 1.82) is 0 Å². The van der Waals surface area contributed by atoms with Crippen molar-refractivity contribution in [2.45, 2.75) is 25.8 Å². The van der Waals surface area contributed by atoms with Gasteiger partial charge >= 0.3 is 0 Å². The normalized spacial score (nSPS) is 16.8. The average Bonchev–Trinajstić information content (AvgIpc) is 2.59. The van der Waals surface area contributed by atoms with Crippen LogP contribution in [0.15, 0.2) is 48.5 Å². The Kier molecular flexibility index (Phi) is 5.21. The molecule has 0 radical (unpaired) electrons. The lowest BCUT2D eigenvalue weighted by molar-refractivity contribution is 0.104. The Morgan fingerprint density at radius 3 is 2.46 bits per heavy atom. The van der Waals surface area contributed by atoms with E-state index in [1.165, 1.54) is 0 Å². The Bertz CT molecular complexity index is 1040. The minimum absolute atomic E-state index is 0.167. The van der Waals surface area contributed by atoms with Gasteiger partial charge in [-0.2, -0.15) is 0 Å². The molecular formula is C21H24N2O4S. The minimum Gasteiger partial charge on any atom is -0.497 e. The molecule has 0 saturated carbocycles. The molecule has 6 nitrogen and oxygen atoms in total. The first-order valence-corrected chi connectivity index (χ1v) is 10.7. The van der Waals surface area contributed by atoms with Gasteiger partial charge < -0.3 is 10.1 Å². The van der Waals surface area contributed by atoms with E-state index in [0.29, 0.717) is 11.3 Å². The zero-order valence-corrected chi connectivity index (χ0v) is 17.2. The van der Waals surface area contributed by atoms with Crippen LogP contribution in [0.5, 0.6) is 5.75 Å². The fourth-order valence-electron chi connectivity index (χ4n) is 3.28. The molecule has 148 valence electrons. The Labute approximate surface area is 165 Å². The molecule has 2 aromatic carbocycles. The number of allylic oxidation sites excluding steroid dienone is 1. The number of rotatable bonds is 5. The number of anilines is 1. The van der Waals surface area contributed by atoms with Gasteiger partial charge in [0.25, 0.3) is 0 Å². The zero-order chi connectivity index (χ0) is 20.5. The lowest BCUT2D eigenvalue weighted by Gasteiger charge is -2.35. The van der Waals surface area contributed by atoms with E-state index in [2.05, 4.69) is 23.9 Å². The second kappa shape index (κ2) is 7.31. The van der Waals surface area contributed by atoms with E-state index in [1.807, 2.05) is 18.2 Å². The summed E-state index contributed by atoms with van der Waals surface area (Å²) in [7, 11) is -1.74. The van der Waals surface area contributed by atoms with Crippen molar-refractivity contribution < 1.29 is 17.9 Å². The number of ether oxygens (including phenoxy) is 1. The molecular weight excluding hydrogens is 376 g/mol. The summed E-state index contributed by atoms with van der Waals surface area (Å²) in [4.78, 5) is 12.8. The summed E-state index contributed by atoms with van der Waals surface area (Å²) in [5.74, 6) is 0.565. The van der Waals surface area contributed by atoms with E-state index in [0.717, 1.165) is 35.3 Å². The second-order valence-electron chi connectivity index (χ2n) is 7.58. The lowest BCUT2D eigenvalue weighted by atomic mass is 9.85. The lowest BCUT2D eigenvalue weighted by Crippen LogP contribution is -2.43. The molecule has 0 atom stereocenters. The van der Waals surface area contributed by atoms with Crippen molar-refractivity contribution in [1.82, 2.24) is 5.32 Å². The Hall–Kier alpha value is -2.80. The molecule has 0 fully saturated rings. The summed E-state index contributed by atoms with van der Waals surface area (Å²) < 4.78 is 30.3. The minimum atomic E-state index is -3.35. The number of benzene rings is 2. The molecule has 0 amide bonds. The third kappa shape index (κ3) is 4.72. The van der Waals surface area contributed by atoms with Crippen LogP contribution < -0.4 is 14.8 Å². The van der Waals surface area contributed by atoms with Crippen molar-refractivity contribution in [2.75, 3.05) is 18.1 Å². The van der Waals surface area contributed by atoms with Gasteiger partial charge in [-0.25, -0.2) is 8.42 Å². The first-order valence-electron chi connectivity index (χ1n) is 8.86. The molecule has 1 heterocycles. The van der Waals surface area contributed by atoms with Crippen LogP contribution in [0.3, 0.4) is 0 Å². The molecule has 0 unspecified atom stereocenters. The molecule has 1 aliphatic rings. The molecule has 3 rings (SSSR count). The van der Waals surface area contributed by atoms with Crippen molar-refractivity contribution in [3.63, 3.8) is 0 Å². The number of carbonyl (C=O) groups is 1. The van der Waals surface area contributed by atoms with E-state index in [4.69, 9.17) is 4.74 Å². The summed E-state index contributed by atoms with van der Waals surface area (Å²) in [5, 5.41) is 3.44. The largest absolute Gasteiger partial charge is 0.497 e. The maximum atomic E-state index is 12.8. The highest BCUT2D eigenvalue weighted by atomic mass is 32.2. The summed E-state index contributed by atoms with van der Waals surface area (Å²) >= 11 is 0. The molecule has 7 heteroatoms. The maximum absolute atomic E-state index is 12.8. The highest BCUT2D eigenvalue weighted by molar-refractivity contribution is 7.92. The maximum Gasteiger partial charge on any atom is 0.229 e. The van der Waals surface area contributed by atoms with Crippen LogP contribution in [-0.4, -0.2) is 33.1 Å². The van der Waals surface area contributed by atoms with Crippen molar-refractivity contribution >= 4 is 27.2 Å². The molecule has 2 aromatic rings. The van der Waals surface area contributed by atoms with Crippen molar-refractivity contribution in [2.24, 2.45) is 0 Å². The monoisotopic (exact) mass is 400 g/mol. The number of nitrogens with one attached hydrogen (secondary N) is 2. The SMILES string of the molecule is COc1ccc2c(c1)C(=CC(=O)c1ccc(NS(C)(=O)=O)cc1)NC(C)(C)C2. The molecule has 0 aromatic heterocycles. The highest BCUT2D eigenvalue weighted by Gasteiger charge is 2.28. The van der Waals surface area contributed by atoms with E-state index in [9.17, 15) is 13.2 Å². The number of fused-ring (bicyclic) bond motifs is 1. The number of hydrogen-bond donors (Lipinski definition) is 2. The standard InChI is InChI=1S/C21H24N2O4S/c1-21(2)13-15-7-10-17(27-3)11-18(15)19(22-21)12-20(24)14-5-8-16(9-6-14)23-28(4,25)26/h5-12,22-23H,13H2,1-4H3. The molecule has 0 aliphatic carbocycles. The Balaban J connectivity index is 1.93. The number of sulfonamides is 1. The molecule has 0 spiro atoms. The van der Waals surface area contributed by atoms with Gasteiger partial charge in [-0.15, -0.1) is 0 Å². The quantitative estimate of drug-likeness (QED) is 0.595. The van der Waals surface area contributed by atoms with Gasteiger partial charge in [0, 0.05) is 34.1 Å². The van der Waals surface area contributed by atoms with Crippen LogP contribution in [0.1, 0.15) is 35.3 Å². The molecule has 2 N–H and O–H groups in total. The summed E-state index contributed by atoms with van der Waals surface area (Å²) in [6.07, 6.45) is 3.50. The van der Waals surface area contributed by atoms with Gasteiger partial charge in [0.1, 0.15) is 5.75 Å². The molecule has 0 saturated heterocycles. The van der Waals surface area contributed by atoms with Gasteiger partial charge in [-0.1, -0.05) is 6.07 Å². The van der Waals surface area contributed by atoms with Crippen LogP contribution in [0.2, 0.25) is 0 Å². The van der Waals surface area contributed by atoms with Crippen LogP contribution in [0.4, 0.5) is 5.69 Å². The fraction of sp³-hybridized carbons (Fsp3) is 0.286. The predicted molar refractivity (Wildman–Crippen MR) is 111 cm³/mol. The Morgan fingerprint density at radius 2 is 1.86 bits per heavy atom. The van der Waals surface area contributed by atoms with Crippen LogP contribution in [-0.2, 0) is 16.4 Å². The number of hydrogen-bond acceptors (Lipinski definition) is 5.